The highest BCUT2D eigenvalue weighted by Gasteiger charge is 2.44. The zero-order valence-corrected chi connectivity index (χ0v) is 23.0. The van der Waals surface area contributed by atoms with Crippen LogP contribution in [0.3, 0.4) is 0 Å². The zero-order chi connectivity index (χ0) is 26.6. The molecule has 3 amide bonds. The number of carbonyl (C=O) groups is 3. The molecule has 2 atom stereocenters. The number of carbonyl (C=O) groups excluding carboxylic acids is 3. The van der Waals surface area contributed by atoms with Gasteiger partial charge in [-0.2, -0.15) is 11.8 Å². The summed E-state index contributed by atoms with van der Waals surface area (Å²) in [5.74, 6) is 0.162. The average Bonchev–Trinajstić information content (AvgIpc) is 3.53. The molecular formula is C26H41N3O5S. The number of hydrogen-bond donors (Lipinski definition) is 3. The van der Waals surface area contributed by atoms with Gasteiger partial charge in [-0.15, -0.1) is 0 Å². The molecule has 0 bridgehead atoms. The van der Waals surface area contributed by atoms with Crippen molar-refractivity contribution in [3.63, 3.8) is 0 Å². The van der Waals surface area contributed by atoms with Gasteiger partial charge in [0, 0.05) is 11.6 Å². The summed E-state index contributed by atoms with van der Waals surface area (Å²) in [6.07, 6.45) is 3.24. The zero-order valence-electron chi connectivity index (χ0n) is 22.2. The third kappa shape index (κ3) is 8.94. The number of hydrogen-bond acceptors (Lipinski definition) is 6. The first-order valence-corrected chi connectivity index (χ1v) is 13.4. The molecular weight excluding hydrogens is 466 g/mol. The van der Waals surface area contributed by atoms with Crippen molar-refractivity contribution in [3.8, 4) is 5.75 Å². The number of thioether (sulfide) groups is 1. The molecule has 1 aliphatic carbocycles. The first-order chi connectivity index (χ1) is 16.1. The Bertz CT molecular complexity index is 919. The number of amides is 3. The molecule has 1 aromatic carbocycles. The first kappa shape index (κ1) is 28.8. The van der Waals surface area contributed by atoms with Crippen molar-refractivity contribution in [2.24, 2.45) is 0 Å². The molecule has 1 saturated carbocycles. The van der Waals surface area contributed by atoms with Gasteiger partial charge in [-0.1, -0.05) is 6.07 Å². The van der Waals surface area contributed by atoms with Crippen LogP contribution in [0.4, 0.5) is 4.79 Å². The van der Waals surface area contributed by atoms with Crippen LogP contribution in [0.15, 0.2) is 18.2 Å². The van der Waals surface area contributed by atoms with Gasteiger partial charge in [0.15, 0.2) is 0 Å². The van der Waals surface area contributed by atoms with Gasteiger partial charge in [0.1, 0.15) is 23.4 Å². The van der Waals surface area contributed by atoms with Crippen LogP contribution in [0.2, 0.25) is 0 Å². The van der Waals surface area contributed by atoms with Crippen LogP contribution in [-0.4, -0.2) is 63.1 Å². The predicted octanol–water partition coefficient (Wildman–Crippen LogP) is 4.29. The van der Waals surface area contributed by atoms with E-state index in [1.54, 1.807) is 62.6 Å². The SMILES string of the molecule is CSCCC(NC(=O)OC(C)(C)C)C(=O)N(C1CC1)C(C(=O)NC(C)(C)C)c1ccc(O)c(C)c1. The molecule has 8 nitrogen and oxygen atoms in total. The second-order valence-electron chi connectivity index (χ2n) is 11.1. The fourth-order valence-electron chi connectivity index (χ4n) is 3.72. The molecule has 35 heavy (non-hydrogen) atoms. The van der Waals surface area contributed by atoms with Crippen LogP contribution in [0.25, 0.3) is 0 Å². The van der Waals surface area contributed by atoms with E-state index in [-0.39, 0.29) is 23.6 Å². The summed E-state index contributed by atoms with van der Waals surface area (Å²) in [5, 5.41) is 15.8. The van der Waals surface area contributed by atoms with Gasteiger partial charge in [0.05, 0.1) is 0 Å². The Balaban J connectivity index is 2.47. The number of phenolic OH excluding ortho intramolecular Hbond substituents is 1. The number of phenols is 1. The number of aromatic hydroxyl groups is 1. The van der Waals surface area contributed by atoms with E-state index in [0.717, 1.165) is 12.8 Å². The fourth-order valence-corrected chi connectivity index (χ4v) is 4.19. The van der Waals surface area contributed by atoms with Crippen LogP contribution in [-0.2, 0) is 14.3 Å². The molecule has 0 spiro atoms. The standard InChI is InChI=1S/C26H41N3O5S/c1-16-15-17(9-12-20(16)30)21(22(31)28-25(2,3)4)29(18-10-11-18)23(32)19(13-14-35-8)27-24(33)34-26(5,6)7/h9,12,15,18-19,21,30H,10-11,13-14H2,1-8H3,(H,27,33)(H,28,31). The summed E-state index contributed by atoms with van der Waals surface area (Å²) in [6, 6.07) is 3.12. The number of nitrogens with zero attached hydrogens (tertiary/aromatic N) is 1. The molecule has 0 aliphatic heterocycles. The van der Waals surface area contributed by atoms with Crippen LogP contribution in [0.1, 0.15) is 78.0 Å². The highest BCUT2D eigenvalue weighted by molar-refractivity contribution is 7.98. The predicted molar refractivity (Wildman–Crippen MR) is 140 cm³/mol. The molecule has 1 aromatic rings. The summed E-state index contributed by atoms with van der Waals surface area (Å²) in [5.41, 5.74) is 0.0202. The van der Waals surface area contributed by atoms with Crippen molar-refractivity contribution in [1.29, 1.82) is 0 Å². The van der Waals surface area contributed by atoms with Crippen molar-refractivity contribution in [2.45, 2.75) is 97.0 Å². The minimum absolute atomic E-state index is 0.107. The molecule has 196 valence electrons. The number of rotatable bonds is 9. The lowest BCUT2D eigenvalue weighted by molar-refractivity contribution is -0.143. The van der Waals surface area contributed by atoms with Crippen molar-refractivity contribution in [1.82, 2.24) is 15.5 Å². The van der Waals surface area contributed by atoms with E-state index in [4.69, 9.17) is 4.74 Å². The van der Waals surface area contributed by atoms with Gasteiger partial charge in [0.2, 0.25) is 11.8 Å². The smallest absolute Gasteiger partial charge is 0.408 e. The van der Waals surface area contributed by atoms with E-state index >= 15 is 0 Å². The normalized spacial score (nSPS) is 15.7. The van der Waals surface area contributed by atoms with E-state index < -0.39 is 29.3 Å². The maximum absolute atomic E-state index is 14.0. The van der Waals surface area contributed by atoms with Gasteiger partial charge in [0.25, 0.3) is 0 Å². The van der Waals surface area contributed by atoms with Crippen molar-refractivity contribution in [3.05, 3.63) is 29.3 Å². The number of aryl methyl sites for hydroxylation is 1. The molecule has 3 N–H and O–H groups in total. The van der Waals surface area contributed by atoms with Crippen LogP contribution >= 0.6 is 11.8 Å². The lowest BCUT2D eigenvalue weighted by Gasteiger charge is -2.36. The number of ether oxygens (including phenoxy) is 1. The van der Waals surface area contributed by atoms with Crippen molar-refractivity contribution < 1.29 is 24.2 Å². The molecule has 0 aromatic heterocycles. The highest BCUT2D eigenvalue weighted by Crippen LogP contribution is 2.37. The third-order valence-electron chi connectivity index (χ3n) is 5.36. The third-order valence-corrected chi connectivity index (χ3v) is 6.00. The number of benzene rings is 1. The van der Waals surface area contributed by atoms with Gasteiger partial charge in [-0.3, -0.25) is 9.59 Å². The van der Waals surface area contributed by atoms with E-state index in [2.05, 4.69) is 10.6 Å². The fraction of sp³-hybridized carbons (Fsp3) is 0.654. The molecule has 0 saturated heterocycles. The Morgan fingerprint density at radius 2 is 1.80 bits per heavy atom. The largest absolute Gasteiger partial charge is 0.508 e. The molecule has 0 heterocycles. The maximum atomic E-state index is 14.0. The molecule has 2 rings (SSSR count). The Labute approximate surface area is 213 Å². The Morgan fingerprint density at radius 3 is 2.29 bits per heavy atom. The molecule has 9 heteroatoms. The van der Waals surface area contributed by atoms with Gasteiger partial charge in [-0.05, 0) is 103 Å². The lowest BCUT2D eigenvalue weighted by atomic mass is 9.98. The van der Waals surface area contributed by atoms with E-state index in [1.165, 1.54) is 0 Å². The summed E-state index contributed by atoms with van der Waals surface area (Å²) in [7, 11) is 0. The van der Waals surface area contributed by atoms with E-state index in [9.17, 15) is 19.5 Å². The van der Waals surface area contributed by atoms with Crippen molar-refractivity contribution >= 4 is 29.7 Å². The van der Waals surface area contributed by atoms with Crippen LogP contribution in [0, 0.1) is 6.92 Å². The molecule has 0 radical (unpaired) electrons. The average molecular weight is 508 g/mol. The van der Waals surface area contributed by atoms with Gasteiger partial charge >= 0.3 is 6.09 Å². The summed E-state index contributed by atoms with van der Waals surface area (Å²) >= 11 is 1.58. The van der Waals surface area contributed by atoms with Gasteiger partial charge in [-0.25, -0.2) is 4.79 Å². The highest BCUT2D eigenvalue weighted by atomic mass is 32.2. The van der Waals surface area contributed by atoms with Crippen molar-refractivity contribution in [2.75, 3.05) is 12.0 Å². The van der Waals surface area contributed by atoms with Crippen LogP contribution < -0.4 is 10.6 Å². The Kier molecular flexibility index (Phi) is 9.50. The topological polar surface area (TPSA) is 108 Å². The summed E-state index contributed by atoms with van der Waals surface area (Å²) in [4.78, 5) is 41.8. The lowest BCUT2D eigenvalue weighted by Crippen LogP contribution is -2.55. The monoisotopic (exact) mass is 507 g/mol. The van der Waals surface area contributed by atoms with Gasteiger partial charge < -0.3 is 25.4 Å². The van der Waals surface area contributed by atoms with Crippen LogP contribution in [0.5, 0.6) is 5.75 Å². The minimum Gasteiger partial charge on any atom is -0.508 e. The number of nitrogens with one attached hydrogen (secondary N) is 2. The Hall–Kier alpha value is -2.42. The molecule has 1 fully saturated rings. The quantitative estimate of drug-likeness (QED) is 0.460. The Morgan fingerprint density at radius 1 is 1.17 bits per heavy atom. The second kappa shape index (κ2) is 11.5. The molecule has 2 unspecified atom stereocenters. The van der Waals surface area contributed by atoms with E-state index in [0.29, 0.717) is 23.3 Å². The summed E-state index contributed by atoms with van der Waals surface area (Å²) in [6.45, 7) is 12.7. The summed E-state index contributed by atoms with van der Waals surface area (Å²) < 4.78 is 5.41. The number of alkyl carbamates (subject to hydrolysis) is 1. The minimum atomic E-state index is -0.897. The maximum Gasteiger partial charge on any atom is 0.408 e. The molecule has 1 aliphatic rings. The first-order valence-electron chi connectivity index (χ1n) is 12.0. The van der Waals surface area contributed by atoms with E-state index in [1.807, 2.05) is 27.0 Å². The second-order valence-corrected chi connectivity index (χ2v) is 12.1.